The highest BCUT2D eigenvalue weighted by molar-refractivity contribution is 4.98. The molecule has 3 nitrogen and oxygen atoms in total. The maximum absolute atomic E-state index is 9.01. The number of aliphatic hydroxyl groups is 1. The van der Waals surface area contributed by atoms with E-state index in [0.29, 0.717) is 0 Å². The van der Waals surface area contributed by atoms with Gasteiger partial charge in [0.25, 0.3) is 0 Å². The van der Waals surface area contributed by atoms with Crippen molar-refractivity contribution >= 4 is 0 Å². The van der Waals surface area contributed by atoms with Gasteiger partial charge in [-0.25, -0.2) is 4.98 Å². The summed E-state index contributed by atoms with van der Waals surface area (Å²) in [6, 6.07) is 0.279. The van der Waals surface area contributed by atoms with Crippen molar-refractivity contribution in [3.8, 4) is 0 Å². The molecule has 11 heavy (non-hydrogen) atoms. The molecule has 1 aliphatic heterocycles. The van der Waals surface area contributed by atoms with Crippen LogP contribution in [-0.2, 0) is 6.42 Å². The Kier molecular flexibility index (Phi) is 1.66. The molecule has 0 aromatic carbocycles. The Balaban J connectivity index is 2.32. The van der Waals surface area contributed by atoms with Crippen molar-refractivity contribution in [2.45, 2.75) is 25.3 Å². The summed E-state index contributed by atoms with van der Waals surface area (Å²) in [7, 11) is 0. The molecule has 1 aromatic heterocycles. The van der Waals surface area contributed by atoms with Gasteiger partial charge in [-0.3, -0.25) is 0 Å². The predicted molar refractivity (Wildman–Crippen MR) is 41.3 cm³/mol. The van der Waals surface area contributed by atoms with Gasteiger partial charge in [-0.2, -0.15) is 0 Å². The summed E-state index contributed by atoms with van der Waals surface area (Å²) in [6.45, 7) is 0.239. The monoisotopic (exact) mass is 152 g/mol. The Morgan fingerprint density at radius 3 is 3.45 bits per heavy atom. The smallest absolute Gasteiger partial charge is 0.108 e. The van der Waals surface area contributed by atoms with E-state index < -0.39 is 0 Å². The Hall–Kier alpha value is -0.830. The van der Waals surface area contributed by atoms with Crippen LogP contribution in [0, 0.1) is 0 Å². The SMILES string of the molecule is OC[C@@H]1CCCc2nccn21. The van der Waals surface area contributed by atoms with E-state index in [1.54, 1.807) is 0 Å². The summed E-state index contributed by atoms with van der Waals surface area (Å²) in [6.07, 6.45) is 7.06. The minimum atomic E-state index is 0.239. The zero-order valence-corrected chi connectivity index (χ0v) is 6.40. The number of rotatable bonds is 1. The van der Waals surface area contributed by atoms with Crippen molar-refractivity contribution in [1.82, 2.24) is 9.55 Å². The molecule has 0 fully saturated rings. The van der Waals surface area contributed by atoms with Gasteiger partial charge >= 0.3 is 0 Å². The fourth-order valence-electron chi connectivity index (χ4n) is 1.68. The van der Waals surface area contributed by atoms with E-state index in [0.717, 1.165) is 25.1 Å². The summed E-state index contributed by atoms with van der Waals surface area (Å²) in [5.41, 5.74) is 0. The van der Waals surface area contributed by atoms with Gasteiger partial charge in [-0.1, -0.05) is 0 Å². The summed E-state index contributed by atoms with van der Waals surface area (Å²) in [4.78, 5) is 4.21. The number of aliphatic hydroxyl groups excluding tert-OH is 1. The molecule has 2 heterocycles. The molecule has 0 aliphatic carbocycles. The number of aryl methyl sites for hydroxylation is 1. The Labute approximate surface area is 65.7 Å². The van der Waals surface area contributed by atoms with Crippen LogP contribution in [0.5, 0.6) is 0 Å². The summed E-state index contributed by atoms with van der Waals surface area (Å²) in [5, 5.41) is 9.01. The molecule has 0 radical (unpaired) electrons. The van der Waals surface area contributed by atoms with Crippen LogP contribution in [0.15, 0.2) is 12.4 Å². The zero-order valence-electron chi connectivity index (χ0n) is 6.40. The first-order valence-corrected chi connectivity index (χ1v) is 4.04. The first kappa shape index (κ1) is 6.85. The summed E-state index contributed by atoms with van der Waals surface area (Å²) in [5.74, 6) is 1.12. The molecule has 3 heteroatoms. The van der Waals surface area contributed by atoms with Crippen LogP contribution in [0.1, 0.15) is 24.7 Å². The van der Waals surface area contributed by atoms with Crippen LogP contribution in [0.4, 0.5) is 0 Å². The number of imidazole rings is 1. The lowest BCUT2D eigenvalue weighted by molar-refractivity contribution is 0.206. The quantitative estimate of drug-likeness (QED) is 0.645. The normalized spacial score (nSPS) is 23.2. The van der Waals surface area contributed by atoms with Gasteiger partial charge in [0.2, 0.25) is 0 Å². The van der Waals surface area contributed by atoms with E-state index >= 15 is 0 Å². The molecule has 0 bridgehead atoms. The standard InChI is InChI=1S/C8H12N2O/c11-6-7-2-1-3-8-9-4-5-10(7)8/h4-5,7,11H,1-3,6H2/t7-/m0/s1. The minimum Gasteiger partial charge on any atom is -0.394 e. The van der Waals surface area contributed by atoms with Crippen molar-refractivity contribution in [3.05, 3.63) is 18.2 Å². The number of aromatic nitrogens is 2. The van der Waals surface area contributed by atoms with Crippen molar-refractivity contribution in [2.24, 2.45) is 0 Å². The van der Waals surface area contributed by atoms with Crippen molar-refractivity contribution in [1.29, 1.82) is 0 Å². The molecular formula is C8H12N2O. The average Bonchev–Trinajstić information content (AvgIpc) is 2.50. The van der Waals surface area contributed by atoms with Gasteiger partial charge in [-0.15, -0.1) is 0 Å². The van der Waals surface area contributed by atoms with E-state index in [-0.39, 0.29) is 12.6 Å². The first-order chi connectivity index (χ1) is 5.42. The maximum atomic E-state index is 9.01. The number of hydrogen-bond acceptors (Lipinski definition) is 2. The van der Waals surface area contributed by atoms with E-state index in [1.807, 2.05) is 12.4 Å². The van der Waals surface area contributed by atoms with Gasteiger partial charge in [0, 0.05) is 18.8 Å². The van der Waals surface area contributed by atoms with Gasteiger partial charge in [0.15, 0.2) is 0 Å². The summed E-state index contributed by atoms with van der Waals surface area (Å²) < 4.78 is 2.09. The van der Waals surface area contributed by atoms with Crippen LogP contribution in [0.25, 0.3) is 0 Å². The van der Waals surface area contributed by atoms with Crippen LogP contribution in [-0.4, -0.2) is 21.3 Å². The molecular weight excluding hydrogens is 140 g/mol. The number of fused-ring (bicyclic) bond motifs is 1. The molecule has 1 N–H and O–H groups in total. The Morgan fingerprint density at radius 1 is 1.73 bits per heavy atom. The van der Waals surface area contributed by atoms with E-state index in [1.165, 1.54) is 0 Å². The highest BCUT2D eigenvalue weighted by atomic mass is 16.3. The lowest BCUT2D eigenvalue weighted by Gasteiger charge is -2.22. The third-order valence-corrected chi connectivity index (χ3v) is 2.29. The molecule has 0 amide bonds. The second kappa shape index (κ2) is 2.66. The van der Waals surface area contributed by atoms with Crippen LogP contribution in [0.3, 0.4) is 0 Å². The minimum absolute atomic E-state index is 0.239. The van der Waals surface area contributed by atoms with Crippen molar-refractivity contribution in [3.63, 3.8) is 0 Å². The second-order valence-electron chi connectivity index (χ2n) is 2.98. The van der Waals surface area contributed by atoms with Gasteiger partial charge in [0.1, 0.15) is 5.82 Å². The molecule has 1 aromatic rings. The first-order valence-electron chi connectivity index (χ1n) is 4.04. The third-order valence-electron chi connectivity index (χ3n) is 2.29. The Morgan fingerprint density at radius 2 is 2.64 bits per heavy atom. The molecule has 0 spiro atoms. The van der Waals surface area contributed by atoms with Gasteiger partial charge in [0.05, 0.1) is 12.6 Å². The molecule has 0 saturated carbocycles. The maximum Gasteiger partial charge on any atom is 0.108 e. The highest BCUT2D eigenvalue weighted by Gasteiger charge is 2.17. The molecule has 60 valence electrons. The molecule has 1 aliphatic rings. The fraction of sp³-hybridized carbons (Fsp3) is 0.625. The summed E-state index contributed by atoms with van der Waals surface area (Å²) >= 11 is 0. The van der Waals surface area contributed by atoms with Crippen molar-refractivity contribution < 1.29 is 5.11 Å². The number of nitrogens with zero attached hydrogens (tertiary/aromatic N) is 2. The highest BCUT2D eigenvalue weighted by Crippen LogP contribution is 2.22. The second-order valence-corrected chi connectivity index (χ2v) is 2.98. The third kappa shape index (κ3) is 1.05. The van der Waals surface area contributed by atoms with Gasteiger partial charge < -0.3 is 9.67 Å². The number of hydrogen-bond donors (Lipinski definition) is 1. The topological polar surface area (TPSA) is 38.1 Å². The largest absolute Gasteiger partial charge is 0.394 e. The van der Waals surface area contributed by atoms with Crippen LogP contribution in [0.2, 0.25) is 0 Å². The van der Waals surface area contributed by atoms with Gasteiger partial charge in [-0.05, 0) is 12.8 Å². The molecule has 0 unspecified atom stereocenters. The Bertz CT molecular complexity index is 244. The fourth-order valence-corrected chi connectivity index (χ4v) is 1.68. The van der Waals surface area contributed by atoms with Crippen LogP contribution < -0.4 is 0 Å². The molecule has 2 rings (SSSR count). The van der Waals surface area contributed by atoms with Crippen LogP contribution >= 0.6 is 0 Å². The van der Waals surface area contributed by atoms with E-state index in [9.17, 15) is 0 Å². The average molecular weight is 152 g/mol. The van der Waals surface area contributed by atoms with E-state index in [2.05, 4.69) is 9.55 Å². The van der Waals surface area contributed by atoms with E-state index in [4.69, 9.17) is 5.11 Å². The lowest BCUT2D eigenvalue weighted by atomic mass is 10.1. The zero-order chi connectivity index (χ0) is 7.68. The lowest BCUT2D eigenvalue weighted by Crippen LogP contribution is -2.20. The molecule has 1 atom stereocenters. The van der Waals surface area contributed by atoms with Crippen molar-refractivity contribution in [2.75, 3.05) is 6.61 Å². The molecule has 0 saturated heterocycles. The predicted octanol–water partition coefficient (Wildman–Crippen LogP) is 0.753.